The summed E-state index contributed by atoms with van der Waals surface area (Å²) in [5.41, 5.74) is 0.488. The molecule has 0 aliphatic heterocycles. The molecule has 1 aromatic rings. The Bertz CT molecular complexity index is 353. The van der Waals surface area contributed by atoms with Crippen molar-refractivity contribution in [2.24, 2.45) is 4.99 Å². The van der Waals surface area contributed by atoms with Gasteiger partial charge in [0.25, 0.3) is 0 Å². The van der Waals surface area contributed by atoms with Gasteiger partial charge >= 0.3 is 0 Å². The van der Waals surface area contributed by atoms with E-state index in [0.29, 0.717) is 25.2 Å². The molecule has 88 valence electrons. The van der Waals surface area contributed by atoms with Crippen molar-refractivity contribution in [3.05, 3.63) is 23.8 Å². The van der Waals surface area contributed by atoms with Gasteiger partial charge in [0.1, 0.15) is 11.5 Å². The Balaban J connectivity index is 2.40. The Morgan fingerprint density at radius 2 is 2.06 bits per heavy atom. The molecule has 1 aromatic carbocycles. The quantitative estimate of drug-likeness (QED) is 0.313. The molecule has 5 nitrogen and oxygen atoms in total. The number of nitrogens with zero attached hydrogens (tertiary/aromatic N) is 1. The molecule has 0 atom stereocenters. The molecular formula is C11H16N2O3. The molecule has 1 rings (SSSR count). The summed E-state index contributed by atoms with van der Waals surface area (Å²) in [6.45, 7) is 1.87. The van der Waals surface area contributed by atoms with Crippen molar-refractivity contribution in [3.8, 4) is 11.5 Å². The Kier molecular flexibility index (Phi) is 5.31. The van der Waals surface area contributed by atoms with Crippen LogP contribution in [0.4, 0.5) is 0 Å². The van der Waals surface area contributed by atoms with E-state index in [2.05, 4.69) is 10.3 Å². The average molecular weight is 224 g/mol. The van der Waals surface area contributed by atoms with Crippen LogP contribution in [0.25, 0.3) is 0 Å². The van der Waals surface area contributed by atoms with Crippen molar-refractivity contribution < 1.29 is 15.3 Å². The summed E-state index contributed by atoms with van der Waals surface area (Å²) in [5.74, 6) is 0.183. The lowest BCUT2D eigenvalue weighted by Crippen LogP contribution is -2.21. The largest absolute Gasteiger partial charge is 0.508 e. The van der Waals surface area contributed by atoms with E-state index in [0.717, 1.165) is 0 Å². The summed E-state index contributed by atoms with van der Waals surface area (Å²) >= 11 is 0. The van der Waals surface area contributed by atoms with Gasteiger partial charge in [0.15, 0.2) is 0 Å². The number of phenols is 2. The van der Waals surface area contributed by atoms with Crippen molar-refractivity contribution in [2.45, 2.75) is 0 Å². The van der Waals surface area contributed by atoms with Gasteiger partial charge in [-0.1, -0.05) is 0 Å². The molecule has 0 bridgehead atoms. The zero-order valence-corrected chi connectivity index (χ0v) is 8.93. The monoisotopic (exact) mass is 224 g/mol. The number of nitrogens with one attached hydrogen (secondary N) is 1. The molecule has 5 heteroatoms. The molecule has 0 aromatic heterocycles. The topological polar surface area (TPSA) is 85.1 Å². The van der Waals surface area contributed by atoms with Crippen LogP contribution in [-0.2, 0) is 0 Å². The molecule has 16 heavy (non-hydrogen) atoms. The number of benzene rings is 1. The summed E-state index contributed by atoms with van der Waals surface area (Å²) in [4.78, 5) is 4.08. The molecule has 0 fully saturated rings. The Hall–Kier alpha value is -1.59. The molecule has 0 aliphatic rings. The number of hydrogen-bond donors (Lipinski definition) is 4. The van der Waals surface area contributed by atoms with Gasteiger partial charge in [0.05, 0.1) is 13.2 Å². The van der Waals surface area contributed by atoms with Gasteiger partial charge in [-0.2, -0.15) is 0 Å². The van der Waals surface area contributed by atoms with Crippen LogP contribution in [0.5, 0.6) is 11.5 Å². The third-order valence-electron chi connectivity index (χ3n) is 1.95. The molecule has 0 spiro atoms. The molecule has 0 amide bonds. The van der Waals surface area contributed by atoms with Gasteiger partial charge < -0.3 is 20.6 Å². The highest BCUT2D eigenvalue weighted by atomic mass is 16.3. The fraction of sp³-hybridized carbons (Fsp3) is 0.364. The lowest BCUT2D eigenvalue weighted by atomic mass is 10.2. The van der Waals surface area contributed by atoms with Crippen molar-refractivity contribution in [2.75, 3.05) is 26.2 Å². The van der Waals surface area contributed by atoms with E-state index >= 15 is 0 Å². The van der Waals surface area contributed by atoms with Crippen molar-refractivity contribution in [1.82, 2.24) is 5.32 Å². The minimum Gasteiger partial charge on any atom is -0.508 e. The van der Waals surface area contributed by atoms with Crippen molar-refractivity contribution in [3.63, 3.8) is 0 Å². The molecule has 4 N–H and O–H groups in total. The molecule has 0 saturated carbocycles. The highest BCUT2D eigenvalue weighted by Gasteiger charge is 1.98. The van der Waals surface area contributed by atoms with Crippen LogP contribution in [0.15, 0.2) is 23.2 Å². The van der Waals surface area contributed by atoms with E-state index in [1.54, 1.807) is 0 Å². The molecule has 0 saturated heterocycles. The average Bonchev–Trinajstić information content (AvgIpc) is 2.28. The van der Waals surface area contributed by atoms with Crippen LogP contribution >= 0.6 is 0 Å². The van der Waals surface area contributed by atoms with Crippen molar-refractivity contribution in [1.29, 1.82) is 0 Å². The van der Waals surface area contributed by atoms with Crippen molar-refractivity contribution >= 4 is 6.21 Å². The van der Waals surface area contributed by atoms with Crippen LogP contribution in [0, 0.1) is 0 Å². The molecule has 0 radical (unpaired) electrons. The predicted molar refractivity (Wildman–Crippen MR) is 62.2 cm³/mol. The number of aliphatic hydroxyl groups excluding tert-OH is 1. The first-order valence-electron chi connectivity index (χ1n) is 5.07. The Labute approximate surface area is 94.1 Å². The van der Waals surface area contributed by atoms with Crippen LogP contribution in [-0.4, -0.2) is 47.8 Å². The van der Waals surface area contributed by atoms with Gasteiger partial charge in [-0.15, -0.1) is 0 Å². The number of phenolic OH excluding ortho intramolecular Hbond substituents is 2. The first-order chi connectivity index (χ1) is 7.74. The highest BCUT2D eigenvalue weighted by molar-refractivity contribution is 5.83. The standard InChI is InChI=1S/C11H16N2O3/c14-6-5-12-3-4-13-8-9-7-10(15)1-2-11(9)16/h1-2,7-8,12,14-16H,3-6H2. The van der Waals surface area contributed by atoms with E-state index in [1.807, 2.05) is 0 Å². The minimum atomic E-state index is 0.0878. The fourth-order valence-electron chi connectivity index (χ4n) is 1.16. The normalized spacial score (nSPS) is 11.1. The Morgan fingerprint density at radius 1 is 1.25 bits per heavy atom. The molecular weight excluding hydrogens is 208 g/mol. The van der Waals surface area contributed by atoms with Gasteiger partial charge in [0, 0.05) is 24.9 Å². The van der Waals surface area contributed by atoms with Crippen LogP contribution in [0.1, 0.15) is 5.56 Å². The summed E-state index contributed by atoms with van der Waals surface area (Å²) < 4.78 is 0. The maximum atomic E-state index is 9.42. The lowest BCUT2D eigenvalue weighted by Gasteiger charge is -2.00. The summed E-state index contributed by atoms with van der Waals surface area (Å²) in [7, 11) is 0. The van der Waals surface area contributed by atoms with Crippen LogP contribution in [0.2, 0.25) is 0 Å². The summed E-state index contributed by atoms with van der Waals surface area (Å²) in [6, 6.07) is 4.27. The molecule has 0 aliphatic carbocycles. The van der Waals surface area contributed by atoms with Gasteiger partial charge in [-0.05, 0) is 18.2 Å². The number of aliphatic imine (C=N–C) groups is 1. The maximum absolute atomic E-state index is 9.42. The zero-order valence-electron chi connectivity index (χ0n) is 8.93. The van der Waals surface area contributed by atoms with E-state index in [9.17, 15) is 10.2 Å². The van der Waals surface area contributed by atoms with E-state index in [-0.39, 0.29) is 18.1 Å². The van der Waals surface area contributed by atoms with Gasteiger partial charge in [-0.25, -0.2) is 0 Å². The summed E-state index contributed by atoms with van der Waals surface area (Å²) in [6.07, 6.45) is 1.51. The lowest BCUT2D eigenvalue weighted by molar-refractivity contribution is 0.293. The second kappa shape index (κ2) is 6.81. The smallest absolute Gasteiger partial charge is 0.124 e. The van der Waals surface area contributed by atoms with E-state index < -0.39 is 0 Å². The SMILES string of the molecule is OCCNCCN=Cc1cc(O)ccc1O. The summed E-state index contributed by atoms with van der Waals surface area (Å²) in [5, 5.41) is 30.1. The first-order valence-corrected chi connectivity index (χ1v) is 5.07. The number of hydrogen-bond acceptors (Lipinski definition) is 5. The van der Waals surface area contributed by atoms with E-state index in [4.69, 9.17) is 5.11 Å². The maximum Gasteiger partial charge on any atom is 0.124 e. The first kappa shape index (κ1) is 12.5. The second-order valence-corrected chi connectivity index (χ2v) is 3.25. The third-order valence-corrected chi connectivity index (χ3v) is 1.95. The van der Waals surface area contributed by atoms with Gasteiger partial charge in [-0.3, -0.25) is 4.99 Å². The second-order valence-electron chi connectivity index (χ2n) is 3.25. The number of aromatic hydroxyl groups is 2. The third kappa shape index (κ3) is 4.29. The highest BCUT2D eigenvalue weighted by Crippen LogP contribution is 2.19. The van der Waals surface area contributed by atoms with Crippen LogP contribution in [0.3, 0.4) is 0 Å². The number of rotatable bonds is 6. The fourth-order valence-corrected chi connectivity index (χ4v) is 1.16. The Morgan fingerprint density at radius 3 is 2.81 bits per heavy atom. The number of aliphatic hydroxyl groups is 1. The van der Waals surface area contributed by atoms with Crippen LogP contribution < -0.4 is 5.32 Å². The van der Waals surface area contributed by atoms with E-state index in [1.165, 1.54) is 24.4 Å². The molecule has 0 heterocycles. The minimum absolute atomic E-state index is 0.0878. The zero-order chi connectivity index (χ0) is 11.8. The molecule has 0 unspecified atom stereocenters. The predicted octanol–water partition coefficient (Wildman–Crippen LogP) is 0.0986. The van der Waals surface area contributed by atoms with Gasteiger partial charge in [0.2, 0.25) is 0 Å².